The molecule has 2 fully saturated rings. The van der Waals surface area contributed by atoms with Crippen molar-refractivity contribution in [1.29, 1.82) is 0 Å². The van der Waals surface area contributed by atoms with Crippen LogP contribution in [-0.4, -0.2) is 38.4 Å². The van der Waals surface area contributed by atoms with Gasteiger partial charge in [0.2, 0.25) is 0 Å². The molecule has 0 unspecified atom stereocenters. The molecule has 23 heavy (non-hydrogen) atoms. The summed E-state index contributed by atoms with van der Waals surface area (Å²) in [7, 11) is 0. The molecule has 0 aromatic carbocycles. The van der Waals surface area contributed by atoms with Gasteiger partial charge in [0.15, 0.2) is 5.82 Å². The van der Waals surface area contributed by atoms with Crippen molar-refractivity contribution >= 4 is 11.3 Å². The molecule has 4 rings (SSSR count). The predicted octanol–water partition coefficient (Wildman–Crippen LogP) is 3.12. The second-order valence-electron chi connectivity index (χ2n) is 6.58. The van der Waals surface area contributed by atoms with E-state index >= 15 is 0 Å². The molecular weight excluding hydrogens is 310 g/mol. The summed E-state index contributed by atoms with van der Waals surface area (Å²) in [5.41, 5.74) is 1.28. The molecule has 1 aliphatic carbocycles. The van der Waals surface area contributed by atoms with E-state index in [4.69, 9.17) is 9.72 Å². The van der Waals surface area contributed by atoms with Crippen LogP contribution in [0.15, 0.2) is 5.38 Å². The maximum Gasteiger partial charge on any atom is 0.155 e. The van der Waals surface area contributed by atoms with Crippen LogP contribution in [0.2, 0.25) is 0 Å². The lowest BCUT2D eigenvalue weighted by Gasteiger charge is -2.20. The van der Waals surface area contributed by atoms with Crippen LogP contribution in [0.1, 0.15) is 73.3 Å². The van der Waals surface area contributed by atoms with E-state index in [2.05, 4.69) is 20.9 Å². The lowest BCUT2D eigenvalue weighted by molar-refractivity contribution is 0.0826. The number of hydrogen-bond acceptors (Lipinski definition) is 6. The molecular formula is C16H23N5OS. The quantitative estimate of drug-likeness (QED) is 0.860. The van der Waals surface area contributed by atoms with Gasteiger partial charge in [0, 0.05) is 30.4 Å². The van der Waals surface area contributed by atoms with Gasteiger partial charge in [0.1, 0.15) is 5.01 Å². The summed E-state index contributed by atoms with van der Waals surface area (Å²) in [6.07, 6.45) is 8.67. The zero-order valence-corrected chi connectivity index (χ0v) is 14.2. The first-order valence-electron chi connectivity index (χ1n) is 8.68. The van der Waals surface area contributed by atoms with Crippen molar-refractivity contribution in [3.63, 3.8) is 0 Å². The number of tetrazole rings is 1. The molecule has 2 aromatic rings. The summed E-state index contributed by atoms with van der Waals surface area (Å²) in [5, 5.41) is 15.7. The second-order valence-corrected chi connectivity index (χ2v) is 7.53. The van der Waals surface area contributed by atoms with Gasteiger partial charge in [-0.2, -0.15) is 0 Å². The minimum Gasteiger partial charge on any atom is -0.381 e. The fourth-order valence-electron chi connectivity index (χ4n) is 3.68. The van der Waals surface area contributed by atoms with Crippen LogP contribution in [-0.2, 0) is 11.3 Å². The van der Waals surface area contributed by atoms with Gasteiger partial charge in [-0.3, -0.25) is 0 Å². The minimum absolute atomic E-state index is 0.413. The minimum atomic E-state index is 0.413. The molecule has 6 nitrogen and oxygen atoms in total. The topological polar surface area (TPSA) is 65.7 Å². The van der Waals surface area contributed by atoms with Gasteiger partial charge in [0.25, 0.3) is 0 Å². The summed E-state index contributed by atoms with van der Waals surface area (Å²) in [6, 6.07) is 0. The number of nitrogens with zero attached hydrogens (tertiary/aromatic N) is 5. The average Bonchev–Trinajstić information content (AvgIpc) is 3.26. The Morgan fingerprint density at radius 2 is 1.91 bits per heavy atom. The van der Waals surface area contributed by atoms with Gasteiger partial charge in [-0.05, 0) is 36.1 Å². The number of rotatable bonds is 4. The van der Waals surface area contributed by atoms with Crippen LogP contribution in [0.4, 0.5) is 0 Å². The summed E-state index contributed by atoms with van der Waals surface area (Å²) < 4.78 is 7.37. The zero-order valence-electron chi connectivity index (χ0n) is 13.4. The Bertz CT molecular complexity index is 628. The normalized spacial score (nSPS) is 20.9. The van der Waals surface area contributed by atoms with Crippen LogP contribution < -0.4 is 0 Å². The molecule has 0 atom stereocenters. The predicted molar refractivity (Wildman–Crippen MR) is 87.7 cm³/mol. The van der Waals surface area contributed by atoms with Crippen molar-refractivity contribution in [2.24, 2.45) is 0 Å². The number of aromatic nitrogens is 5. The third kappa shape index (κ3) is 3.45. The Kier molecular flexibility index (Phi) is 4.66. The highest BCUT2D eigenvalue weighted by atomic mass is 32.1. The van der Waals surface area contributed by atoms with Crippen LogP contribution in [0.25, 0.3) is 0 Å². The SMILES string of the molecule is c1sc(Cn2nnnc2C2CCOCC2)nc1C1CCCCC1. The van der Waals surface area contributed by atoms with E-state index in [9.17, 15) is 0 Å². The Morgan fingerprint density at radius 1 is 1.09 bits per heavy atom. The monoisotopic (exact) mass is 333 g/mol. The molecule has 1 aliphatic heterocycles. The summed E-state index contributed by atoms with van der Waals surface area (Å²) in [5.74, 6) is 2.07. The van der Waals surface area contributed by atoms with Crippen molar-refractivity contribution in [3.8, 4) is 0 Å². The highest BCUT2D eigenvalue weighted by molar-refractivity contribution is 7.09. The molecule has 0 spiro atoms. The van der Waals surface area contributed by atoms with E-state index in [1.54, 1.807) is 11.3 Å². The van der Waals surface area contributed by atoms with Crippen molar-refractivity contribution in [2.75, 3.05) is 13.2 Å². The van der Waals surface area contributed by atoms with E-state index in [0.717, 1.165) is 36.9 Å². The van der Waals surface area contributed by atoms with Gasteiger partial charge >= 0.3 is 0 Å². The van der Waals surface area contributed by atoms with E-state index in [0.29, 0.717) is 18.4 Å². The van der Waals surface area contributed by atoms with E-state index in [1.807, 2.05) is 4.68 Å². The summed E-state index contributed by atoms with van der Waals surface area (Å²) >= 11 is 1.74. The van der Waals surface area contributed by atoms with Gasteiger partial charge in [-0.25, -0.2) is 9.67 Å². The van der Waals surface area contributed by atoms with Crippen LogP contribution >= 0.6 is 11.3 Å². The highest BCUT2D eigenvalue weighted by Gasteiger charge is 2.23. The maximum atomic E-state index is 5.44. The number of hydrogen-bond donors (Lipinski definition) is 0. The number of ether oxygens (including phenoxy) is 1. The average molecular weight is 333 g/mol. The molecule has 3 heterocycles. The maximum absolute atomic E-state index is 5.44. The highest BCUT2D eigenvalue weighted by Crippen LogP contribution is 2.33. The molecule has 2 aliphatic rings. The lowest BCUT2D eigenvalue weighted by Crippen LogP contribution is -2.19. The molecule has 0 N–H and O–H groups in total. The molecule has 1 saturated carbocycles. The van der Waals surface area contributed by atoms with Gasteiger partial charge in [-0.1, -0.05) is 19.3 Å². The van der Waals surface area contributed by atoms with Crippen molar-refractivity contribution < 1.29 is 4.74 Å². The Labute approximate surface area is 140 Å². The third-order valence-corrected chi connectivity index (χ3v) is 5.88. The third-order valence-electron chi connectivity index (χ3n) is 5.02. The molecule has 0 bridgehead atoms. The van der Waals surface area contributed by atoms with Crippen LogP contribution in [0.5, 0.6) is 0 Å². The van der Waals surface area contributed by atoms with E-state index in [1.165, 1.54) is 37.8 Å². The van der Waals surface area contributed by atoms with Crippen LogP contribution in [0, 0.1) is 0 Å². The summed E-state index contributed by atoms with van der Waals surface area (Å²) in [4.78, 5) is 4.87. The standard InChI is InChI=1S/C16H23N5OS/c1-2-4-12(5-3-1)14-11-23-15(17-14)10-21-16(18-19-20-21)13-6-8-22-9-7-13/h11-13H,1-10H2. The van der Waals surface area contributed by atoms with Gasteiger partial charge < -0.3 is 4.74 Å². The van der Waals surface area contributed by atoms with Crippen molar-refractivity contribution in [3.05, 3.63) is 21.9 Å². The molecule has 1 saturated heterocycles. The first-order chi connectivity index (χ1) is 11.4. The Balaban J connectivity index is 1.46. The molecule has 0 amide bonds. The fraction of sp³-hybridized carbons (Fsp3) is 0.750. The van der Waals surface area contributed by atoms with Gasteiger partial charge in [-0.15, -0.1) is 16.4 Å². The first-order valence-corrected chi connectivity index (χ1v) is 9.56. The lowest BCUT2D eigenvalue weighted by atomic mass is 9.87. The second kappa shape index (κ2) is 7.05. The largest absolute Gasteiger partial charge is 0.381 e. The fourth-order valence-corrected chi connectivity index (χ4v) is 4.54. The van der Waals surface area contributed by atoms with Crippen molar-refractivity contribution in [2.45, 2.75) is 63.3 Å². The molecule has 124 valence electrons. The Hall–Kier alpha value is -1.34. The smallest absolute Gasteiger partial charge is 0.155 e. The van der Waals surface area contributed by atoms with Gasteiger partial charge in [0.05, 0.1) is 12.2 Å². The first kappa shape index (κ1) is 15.2. The summed E-state index contributed by atoms with van der Waals surface area (Å²) in [6.45, 7) is 2.30. The van der Waals surface area contributed by atoms with E-state index < -0.39 is 0 Å². The van der Waals surface area contributed by atoms with E-state index in [-0.39, 0.29) is 0 Å². The van der Waals surface area contributed by atoms with Crippen molar-refractivity contribution in [1.82, 2.24) is 25.2 Å². The van der Waals surface area contributed by atoms with Crippen LogP contribution in [0.3, 0.4) is 0 Å². The molecule has 7 heteroatoms. The Morgan fingerprint density at radius 3 is 2.74 bits per heavy atom. The molecule has 2 aromatic heterocycles. The molecule has 0 radical (unpaired) electrons. The number of thiazole rings is 1. The zero-order chi connectivity index (χ0) is 15.5.